The number of benzene rings is 2. The van der Waals surface area contributed by atoms with Gasteiger partial charge in [-0.25, -0.2) is 0 Å². The van der Waals surface area contributed by atoms with Crippen molar-refractivity contribution in [2.24, 2.45) is 0 Å². The van der Waals surface area contributed by atoms with E-state index in [0.29, 0.717) is 28.4 Å². The molecule has 0 saturated carbocycles. The third kappa shape index (κ3) is 5.18. The molecule has 0 aromatic heterocycles. The van der Waals surface area contributed by atoms with Crippen LogP contribution in [-0.4, -0.2) is 66.9 Å². The number of esters is 1. The second-order valence-electron chi connectivity index (χ2n) is 7.81. The number of carbonyl (C=O) groups excluding carboxylic acids is 3. The van der Waals surface area contributed by atoms with Gasteiger partial charge in [0.2, 0.25) is 0 Å². The summed E-state index contributed by atoms with van der Waals surface area (Å²) < 4.78 is 10.5. The Labute approximate surface area is 197 Å². The van der Waals surface area contributed by atoms with Crippen LogP contribution in [0.25, 0.3) is 5.76 Å². The summed E-state index contributed by atoms with van der Waals surface area (Å²) in [7, 11) is 5.14. The molecule has 1 fully saturated rings. The monoisotopic (exact) mass is 472 g/mol. The number of carbonyl (C=O) groups is 3. The summed E-state index contributed by atoms with van der Waals surface area (Å²) in [5, 5.41) is 11.5. The Morgan fingerprint density at radius 2 is 1.88 bits per heavy atom. The van der Waals surface area contributed by atoms with Crippen LogP contribution in [0.15, 0.2) is 48.0 Å². The molecule has 1 amide bonds. The van der Waals surface area contributed by atoms with E-state index < -0.39 is 23.7 Å². The number of rotatable bonds is 7. The van der Waals surface area contributed by atoms with Gasteiger partial charge in [0.15, 0.2) is 11.5 Å². The molecule has 1 unspecified atom stereocenters. The third-order valence-electron chi connectivity index (χ3n) is 5.18. The molecule has 1 heterocycles. The van der Waals surface area contributed by atoms with Crippen LogP contribution in [0, 0.1) is 0 Å². The van der Waals surface area contributed by atoms with E-state index in [4.69, 9.17) is 21.1 Å². The molecule has 1 atom stereocenters. The average molecular weight is 473 g/mol. The highest BCUT2D eigenvalue weighted by Gasteiger charge is 2.46. The predicted octanol–water partition coefficient (Wildman–Crippen LogP) is 3.26. The minimum Gasteiger partial charge on any atom is -0.507 e. The molecule has 2 aromatic rings. The predicted molar refractivity (Wildman–Crippen MR) is 123 cm³/mol. The molecule has 33 heavy (non-hydrogen) atoms. The molecule has 1 aliphatic heterocycles. The van der Waals surface area contributed by atoms with Crippen molar-refractivity contribution in [3.8, 4) is 11.5 Å². The Morgan fingerprint density at radius 3 is 2.48 bits per heavy atom. The first-order chi connectivity index (χ1) is 15.6. The highest BCUT2D eigenvalue weighted by atomic mass is 35.5. The zero-order valence-corrected chi connectivity index (χ0v) is 19.5. The van der Waals surface area contributed by atoms with Crippen molar-refractivity contribution >= 4 is 35.0 Å². The van der Waals surface area contributed by atoms with Gasteiger partial charge >= 0.3 is 5.97 Å². The Kier molecular flexibility index (Phi) is 7.40. The number of likely N-dealkylation sites (N-methyl/N-ethyl adjacent to an activating group) is 1. The van der Waals surface area contributed by atoms with Crippen molar-refractivity contribution in [3.63, 3.8) is 0 Å². The van der Waals surface area contributed by atoms with Gasteiger partial charge in [0.05, 0.1) is 18.7 Å². The Bertz CT molecular complexity index is 1130. The maximum absolute atomic E-state index is 13.1. The summed E-state index contributed by atoms with van der Waals surface area (Å²) in [5.41, 5.74) is 0.723. The number of ketones is 1. The lowest BCUT2D eigenvalue weighted by atomic mass is 9.95. The lowest BCUT2D eigenvalue weighted by Gasteiger charge is -2.27. The molecule has 0 spiro atoms. The smallest absolute Gasteiger partial charge is 0.308 e. The molecule has 9 heteroatoms. The molecule has 2 aromatic carbocycles. The number of halogens is 1. The maximum atomic E-state index is 13.1. The number of hydrogen-bond acceptors (Lipinski definition) is 7. The molecule has 8 nitrogen and oxygen atoms in total. The number of amides is 1. The van der Waals surface area contributed by atoms with E-state index in [1.54, 1.807) is 30.3 Å². The molecule has 0 radical (unpaired) electrons. The summed E-state index contributed by atoms with van der Waals surface area (Å²) in [6.45, 7) is 1.99. The molecule has 1 N–H and O–H groups in total. The van der Waals surface area contributed by atoms with Crippen molar-refractivity contribution in [3.05, 3.63) is 64.2 Å². The molecule has 3 rings (SSSR count). The summed E-state index contributed by atoms with van der Waals surface area (Å²) in [6.07, 6.45) is 0. The fourth-order valence-corrected chi connectivity index (χ4v) is 3.84. The fraction of sp³-hybridized carbons (Fsp3) is 0.292. The largest absolute Gasteiger partial charge is 0.507 e. The van der Waals surface area contributed by atoms with Crippen LogP contribution in [-0.2, 0) is 14.4 Å². The van der Waals surface area contributed by atoms with Crippen molar-refractivity contribution in [2.45, 2.75) is 13.0 Å². The topological polar surface area (TPSA) is 96.4 Å². The summed E-state index contributed by atoms with van der Waals surface area (Å²) in [4.78, 5) is 40.9. The van der Waals surface area contributed by atoms with Crippen LogP contribution >= 0.6 is 11.6 Å². The van der Waals surface area contributed by atoms with Gasteiger partial charge in [-0.05, 0) is 43.9 Å². The molecular weight excluding hydrogens is 448 g/mol. The van der Waals surface area contributed by atoms with Gasteiger partial charge < -0.3 is 24.4 Å². The van der Waals surface area contributed by atoms with E-state index in [9.17, 15) is 19.5 Å². The molecule has 1 aliphatic rings. The zero-order chi connectivity index (χ0) is 24.3. The number of aliphatic hydroxyl groups excluding tert-OH is 1. The number of Topliss-reactive ketones (excluding diaryl/α,β-unsaturated/α-hetero) is 1. The van der Waals surface area contributed by atoms with E-state index in [1.807, 2.05) is 19.0 Å². The second-order valence-corrected chi connectivity index (χ2v) is 8.25. The van der Waals surface area contributed by atoms with Gasteiger partial charge in [-0.1, -0.05) is 29.8 Å². The summed E-state index contributed by atoms with van der Waals surface area (Å²) in [6, 6.07) is 10.3. The van der Waals surface area contributed by atoms with Gasteiger partial charge in [0.1, 0.15) is 5.76 Å². The number of nitrogens with zero attached hydrogens (tertiary/aromatic N) is 2. The van der Waals surface area contributed by atoms with Crippen molar-refractivity contribution in [1.29, 1.82) is 0 Å². The summed E-state index contributed by atoms with van der Waals surface area (Å²) in [5.74, 6) is -1.96. The quantitative estimate of drug-likeness (QED) is 0.217. The van der Waals surface area contributed by atoms with Crippen LogP contribution in [0.4, 0.5) is 0 Å². The number of aliphatic hydroxyl groups is 1. The van der Waals surface area contributed by atoms with Gasteiger partial charge in [0.25, 0.3) is 11.7 Å². The first-order valence-electron chi connectivity index (χ1n) is 10.2. The van der Waals surface area contributed by atoms with E-state index in [2.05, 4.69) is 0 Å². The number of likely N-dealkylation sites (tertiary alicyclic amines) is 1. The molecule has 0 aliphatic carbocycles. The van der Waals surface area contributed by atoms with Crippen LogP contribution < -0.4 is 9.47 Å². The van der Waals surface area contributed by atoms with Gasteiger partial charge in [0, 0.05) is 30.6 Å². The second kappa shape index (κ2) is 10.1. The van der Waals surface area contributed by atoms with Gasteiger partial charge in [-0.3, -0.25) is 14.4 Å². The minimum absolute atomic E-state index is 0.0695. The van der Waals surface area contributed by atoms with E-state index in [1.165, 1.54) is 31.1 Å². The highest BCUT2D eigenvalue weighted by Crippen LogP contribution is 2.42. The van der Waals surface area contributed by atoms with Crippen LogP contribution in [0.3, 0.4) is 0 Å². The molecule has 1 saturated heterocycles. The van der Waals surface area contributed by atoms with Gasteiger partial charge in [-0.2, -0.15) is 0 Å². The highest BCUT2D eigenvalue weighted by molar-refractivity contribution is 6.46. The van der Waals surface area contributed by atoms with E-state index >= 15 is 0 Å². The first kappa shape index (κ1) is 24.3. The molecule has 174 valence electrons. The lowest BCUT2D eigenvalue weighted by molar-refractivity contribution is -0.140. The maximum Gasteiger partial charge on any atom is 0.308 e. The minimum atomic E-state index is -0.899. The molecule has 0 bridgehead atoms. The van der Waals surface area contributed by atoms with Crippen LogP contribution in [0.5, 0.6) is 11.5 Å². The van der Waals surface area contributed by atoms with E-state index in [-0.39, 0.29) is 23.6 Å². The number of methoxy groups -OCH3 is 1. The van der Waals surface area contributed by atoms with Gasteiger partial charge in [-0.15, -0.1) is 0 Å². The normalized spacial score (nSPS) is 17.5. The Hall–Kier alpha value is -3.36. The molecular formula is C24H25ClN2O6. The standard InChI is InChI=1S/C24H25ClN2O6/c1-14(28)33-19-13-15(8-9-18(19)32-4)21-20(22(29)16-6-5-7-17(25)12-16)23(30)24(31)27(21)11-10-26(2)3/h5-9,12-13,21,29H,10-11H2,1-4H3/b22-20-. The Balaban J connectivity index is 2.20. The number of hydrogen-bond donors (Lipinski definition) is 1. The Morgan fingerprint density at radius 1 is 1.15 bits per heavy atom. The van der Waals surface area contributed by atoms with Crippen LogP contribution in [0.1, 0.15) is 24.1 Å². The van der Waals surface area contributed by atoms with E-state index in [0.717, 1.165) is 0 Å². The first-order valence-corrected chi connectivity index (χ1v) is 10.6. The zero-order valence-electron chi connectivity index (χ0n) is 18.8. The summed E-state index contributed by atoms with van der Waals surface area (Å²) >= 11 is 6.07. The third-order valence-corrected chi connectivity index (χ3v) is 5.42. The lowest BCUT2D eigenvalue weighted by Crippen LogP contribution is -2.35. The van der Waals surface area contributed by atoms with Crippen molar-refractivity contribution in [2.75, 3.05) is 34.3 Å². The number of ether oxygens (including phenoxy) is 2. The van der Waals surface area contributed by atoms with Crippen molar-refractivity contribution < 1.29 is 29.0 Å². The van der Waals surface area contributed by atoms with Crippen molar-refractivity contribution in [1.82, 2.24) is 9.80 Å². The average Bonchev–Trinajstić information content (AvgIpc) is 3.01. The SMILES string of the molecule is COc1ccc(C2/C(=C(/O)c3cccc(Cl)c3)C(=O)C(=O)N2CCN(C)C)cc1OC(C)=O. The van der Waals surface area contributed by atoms with Crippen LogP contribution in [0.2, 0.25) is 5.02 Å². The fourth-order valence-electron chi connectivity index (χ4n) is 3.65.